The molecular formula is C17H21N3O4S. The first-order valence-electron chi connectivity index (χ1n) is 8.42. The van der Waals surface area contributed by atoms with E-state index in [0.29, 0.717) is 37.8 Å². The lowest BCUT2D eigenvalue weighted by Crippen LogP contribution is -2.67. The van der Waals surface area contributed by atoms with Gasteiger partial charge in [-0.2, -0.15) is 0 Å². The summed E-state index contributed by atoms with van der Waals surface area (Å²) in [6.45, 7) is 6.12. The third kappa shape index (κ3) is 3.47. The maximum atomic E-state index is 12.4. The number of aromatic nitrogens is 2. The van der Waals surface area contributed by atoms with Gasteiger partial charge in [0.2, 0.25) is 0 Å². The second kappa shape index (κ2) is 6.51. The lowest BCUT2D eigenvalue weighted by molar-refractivity contribution is -0.188. The molecule has 2 fully saturated rings. The maximum Gasteiger partial charge on any atom is 0.276 e. The second-order valence-electron chi connectivity index (χ2n) is 6.80. The lowest BCUT2D eigenvalue weighted by Gasteiger charge is -2.52. The summed E-state index contributed by atoms with van der Waals surface area (Å²) < 4.78 is 17.0. The average Bonchev–Trinajstić information content (AvgIpc) is 3.18. The van der Waals surface area contributed by atoms with E-state index in [1.165, 1.54) is 0 Å². The minimum Gasteiger partial charge on any atom is -0.372 e. The van der Waals surface area contributed by atoms with E-state index in [4.69, 9.17) is 14.0 Å². The van der Waals surface area contributed by atoms with Gasteiger partial charge in [-0.05, 0) is 20.3 Å². The number of nitrogens with zero attached hydrogens (tertiary/aromatic N) is 3. The number of hydrogen-bond donors (Lipinski definition) is 0. The Morgan fingerprint density at radius 3 is 3.00 bits per heavy atom. The Morgan fingerprint density at radius 2 is 2.32 bits per heavy atom. The second-order valence-corrected chi connectivity index (χ2v) is 7.86. The Kier molecular flexibility index (Phi) is 4.35. The van der Waals surface area contributed by atoms with Crippen LogP contribution in [0.25, 0.3) is 0 Å². The van der Waals surface area contributed by atoms with Crippen molar-refractivity contribution in [2.75, 3.05) is 19.7 Å². The number of carbonyl (C=O) groups excluding carboxylic acids is 1. The third-order valence-corrected chi connectivity index (χ3v) is 5.50. The van der Waals surface area contributed by atoms with Crippen molar-refractivity contribution in [2.45, 2.75) is 45.0 Å². The monoisotopic (exact) mass is 363 g/mol. The molecule has 0 aromatic carbocycles. The van der Waals surface area contributed by atoms with E-state index in [0.717, 1.165) is 23.5 Å². The van der Waals surface area contributed by atoms with Gasteiger partial charge in [0.15, 0.2) is 5.69 Å². The van der Waals surface area contributed by atoms with Crippen LogP contribution in [0.4, 0.5) is 0 Å². The topological polar surface area (TPSA) is 77.7 Å². The van der Waals surface area contributed by atoms with Crippen LogP contribution in [-0.4, -0.2) is 52.3 Å². The molecule has 2 saturated heterocycles. The lowest BCUT2D eigenvalue weighted by atomic mass is 9.84. The zero-order valence-electron chi connectivity index (χ0n) is 14.4. The Morgan fingerprint density at radius 1 is 1.48 bits per heavy atom. The zero-order valence-corrected chi connectivity index (χ0v) is 15.2. The molecule has 0 radical (unpaired) electrons. The largest absolute Gasteiger partial charge is 0.372 e. The van der Waals surface area contributed by atoms with E-state index in [9.17, 15) is 4.79 Å². The molecule has 2 aromatic heterocycles. The van der Waals surface area contributed by atoms with Crippen LogP contribution in [0.3, 0.4) is 0 Å². The van der Waals surface area contributed by atoms with Gasteiger partial charge in [-0.25, -0.2) is 4.98 Å². The molecule has 4 heterocycles. The van der Waals surface area contributed by atoms with Crippen molar-refractivity contribution in [3.63, 3.8) is 0 Å². The molecule has 0 unspecified atom stereocenters. The van der Waals surface area contributed by atoms with Crippen LogP contribution in [-0.2, 0) is 16.1 Å². The number of likely N-dealkylation sites (tertiary alicyclic amines) is 1. The Labute approximate surface area is 149 Å². The maximum absolute atomic E-state index is 12.4. The molecule has 25 heavy (non-hydrogen) atoms. The molecule has 0 bridgehead atoms. The Balaban J connectivity index is 1.30. The van der Waals surface area contributed by atoms with Crippen LogP contribution in [0.1, 0.15) is 39.8 Å². The number of hydrogen-bond acceptors (Lipinski definition) is 7. The summed E-state index contributed by atoms with van der Waals surface area (Å²) in [6.07, 6.45) is 1.82. The van der Waals surface area contributed by atoms with Crippen molar-refractivity contribution in [2.24, 2.45) is 0 Å². The van der Waals surface area contributed by atoms with Gasteiger partial charge in [0.1, 0.15) is 11.4 Å². The first-order chi connectivity index (χ1) is 12.0. The highest BCUT2D eigenvalue weighted by molar-refractivity contribution is 7.09. The predicted octanol–water partition coefficient (Wildman–Crippen LogP) is 2.34. The number of aryl methyl sites for hydroxylation is 2. The summed E-state index contributed by atoms with van der Waals surface area (Å²) in [4.78, 5) is 18.6. The highest BCUT2D eigenvalue weighted by Gasteiger charge is 2.50. The number of carbonyl (C=O) groups is 1. The molecule has 2 aliphatic heterocycles. The van der Waals surface area contributed by atoms with Crippen molar-refractivity contribution in [1.82, 2.24) is 15.0 Å². The molecular weight excluding hydrogens is 342 g/mol. The van der Waals surface area contributed by atoms with Gasteiger partial charge >= 0.3 is 0 Å². The summed E-state index contributed by atoms with van der Waals surface area (Å²) in [6, 6.07) is 1.66. The minimum absolute atomic E-state index is 0.105. The molecule has 4 rings (SSSR count). The van der Waals surface area contributed by atoms with Crippen molar-refractivity contribution in [3.8, 4) is 0 Å². The van der Waals surface area contributed by atoms with Crippen LogP contribution in [0.5, 0.6) is 0 Å². The minimum atomic E-state index is -0.282. The van der Waals surface area contributed by atoms with Gasteiger partial charge in [0, 0.05) is 24.5 Å². The van der Waals surface area contributed by atoms with E-state index in [-0.39, 0.29) is 17.6 Å². The summed E-state index contributed by atoms with van der Waals surface area (Å²) in [7, 11) is 0. The average molecular weight is 363 g/mol. The van der Waals surface area contributed by atoms with E-state index in [1.54, 1.807) is 29.2 Å². The summed E-state index contributed by atoms with van der Waals surface area (Å²) in [5, 5.41) is 6.88. The fourth-order valence-corrected chi connectivity index (χ4v) is 4.04. The Bertz CT molecular complexity index is 766. The number of rotatable bonds is 4. The normalized spacial score (nSPS) is 22.2. The first kappa shape index (κ1) is 16.7. The zero-order chi connectivity index (χ0) is 17.4. The van der Waals surface area contributed by atoms with E-state index in [2.05, 4.69) is 10.1 Å². The van der Waals surface area contributed by atoms with Crippen LogP contribution >= 0.6 is 11.3 Å². The van der Waals surface area contributed by atoms with Crippen LogP contribution in [0.2, 0.25) is 0 Å². The van der Waals surface area contributed by atoms with Gasteiger partial charge in [-0.1, -0.05) is 5.16 Å². The van der Waals surface area contributed by atoms with Crippen LogP contribution < -0.4 is 0 Å². The number of amides is 1. The van der Waals surface area contributed by atoms with Crippen molar-refractivity contribution >= 4 is 17.2 Å². The molecule has 1 atom stereocenters. The third-order valence-electron chi connectivity index (χ3n) is 4.67. The summed E-state index contributed by atoms with van der Waals surface area (Å²) >= 11 is 1.64. The van der Waals surface area contributed by atoms with Gasteiger partial charge in [-0.3, -0.25) is 4.79 Å². The van der Waals surface area contributed by atoms with Gasteiger partial charge in [-0.15, -0.1) is 11.3 Å². The summed E-state index contributed by atoms with van der Waals surface area (Å²) in [5.41, 5.74) is 1.06. The molecule has 1 spiro atoms. The van der Waals surface area contributed by atoms with Crippen molar-refractivity contribution in [3.05, 3.63) is 33.6 Å². The fraction of sp³-hybridized carbons (Fsp3) is 0.588. The van der Waals surface area contributed by atoms with Crippen LogP contribution in [0, 0.1) is 13.8 Å². The molecule has 8 heteroatoms. The summed E-state index contributed by atoms with van der Waals surface area (Å²) in [5.74, 6) is 0.533. The van der Waals surface area contributed by atoms with Gasteiger partial charge in [0.25, 0.3) is 5.91 Å². The number of thiazole rings is 1. The highest BCUT2D eigenvalue weighted by Crippen LogP contribution is 2.36. The number of ether oxygens (including phenoxy) is 2. The van der Waals surface area contributed by atoms with E-state index in [1.807, 2.05) is 12.3 Å². The van der Waals surface area contributed by atoms with E-state index < -0.39 is 0 Å². The molecule has 0 aliphatic carbocycles. The quantitative estimate of drug-likeness (QED) is 0.830. The van der Waals surface area contributed by atoms with Gasteiger partial charge in [0.05, 0.1) is 36.5 Å². The highest BCUT2D eigenvalue weighted by atomic mass is 32.1. The smallest absolute Gasteiger partial charge is 0.276 e. The molecule has 2 aromatic rings. The van der Waals surface area contributed by atoms with Crippen LogP contribution in [0.15, 0.2) is 16.0 Å². The standard InChI is InChI=1S/C17H21N3O4S/c1-11-5-15(19-24-11)16(21)20-9-17(10-20)6-14(3-4-23-17)22-7-13-8-25-12(2)18-13/h5,8,14H,3-4,6-7,9-10H2,1-2H3/t14-/m0/s1. The fourth-order valence-electron chi connectivity index (χ4n) is 3.45. The molecule has 0 saturated carbocycles. The Hall–Kier alpha value is -1.77. The van der Waals surface area contributed by atoms with E-state index >= 15 is 0 Å². The molecule has 1 amide bonds. The molecule has 134 valence electrons. The molecule has 2 aliphatic rings. The molecule has 0 N–H and O–H groups in total. The van der Waals surface area contributed by atoms with Crippen molar-refractivity contribution < 1.29 is 18.8 Å². The van der Waals surface area contributed by atoms with Crippen molar-refractivity contribution in [1.29, 1.82) is 0 Å². The van der Waals surface area contributed by atoms with Gasteiger partial charge < -0.3 is 18.9 Å². The SMILES string of the molecule is Cc1cc(C(=O)N2CC3(C[C@@H](OCc4csc(C)n4)CCO3)C2)no1. The predicted molar refractivity (Wildman–Crippen MR) is 90.5 cm³/mol. The first-order valence-corrected chi connectivity index (χ1v) is 9.30. The molecule has 7 nitrogen and oxygen atoms in total.